The zero-order valence-corrected chi connectivity index (χ0v) is 34.7. The van der Waals surface area contributed by atoms with Crippen molar-refractivity contribution in [1.29, 1.82) is 0 Å². The molecule has 0 bridgehead atoms. The summed E-state index contributed by atoms with van der Waals surface area (Å²) in [7, 11) is 0. The molecule has 0 spiro atoms. The van der Waals surface area contributed by atoms with E-state index in [-0.39, 0.29) is 42.8 Å². The van der Waals surface area contributed by atoms with Crippen LogP contribution in [0.2, 0.25) is 0 Å². The Morgan fingerprint density at radius 3 is 1.70 bits per heavy atom. The number of likely N-dealkylation sites (tertiary alicyclic amines) is 2. The van der Waals surface area contributed by atoms with E-state index in [1.165, 1.54) is 0 Å². The van der Waals surface area contributed by atoms with Crippen molar-refractivity contribution in [3.8, 4) is 23.0 Å². The van der Waals surface area contributed by atoms with Crippen LogP contribution in [0, 0.1) is 0 Å². The molecule has 2 unspecified atom stereocenters. The lowest BCUT2D eigenvalue weighted by Gasteiger charge is -2.40. The number of halogens is 1. The molecule has 6 aliphatic rings. The molecule has 6 heterocycles. The number of hydrazone groups is 2. The highest BCUT2D eigenvalue weighted by Gasteiger charge is 2.40. The number of ether oxygens (including phenoxy) is 6. The van der Waals surface area contributed by atoms with Gasteiger partial charge in [-0.25, -0.2) is 20.4 Å². The number of amidine groups is 2. The van der Waals surface area contributed by atoms with Crippen molar-refractivity contribution in [1.82, 2.24) is 20.7 Å². The molecular formula is C38H47BrN8O10. The van der Waals surface area contributed by atoms with Gasteiger partial charge in [-0.2, -0.15) is 10.2 Å². The molecular weight excluding hydrogens is 808 g/mol. The van der Waals surface area contributed by atoms with Gasteiger partial charge in [-0.05, 0) is 83.5 Å². The number of hydrogen-bond donors (Lipinski definition) is 2. The molecule has 0 aliphatic carbocycles. The second-order valence-corrected chi connectivity index (χ2v) is 17.2. The Bertz CT molecular complexity index is 2020. The van der Waals surface area contributed by atoms with E-state index in [1.807, 2.05) is 95.5 Å². The summed E-state index contributed by atoms with van der Waals surface area (Å²) in [4.78, 5) is 55.1. The number of rotatable bonds is 4. The molecule has 19 heteroatoms. The van der Waals surface area contributed by atoms with Gasteiger partial charge < -0.3 is 48.0 Å². The highest BCUT2D eigenvalue weighted by atomic mass is 79.9. The van der Waals surface area contributed by atoms with E-state index in [2.05, 4.69) is 37.0 Å². The van der Waals surface area contributed by atoms with Gasteiger partial charge in [0.1, 0.15) is 71.7 Å². The minimum Gasteiger partial charge on any atom is -0.487 e. The average Bonchev–Trinajstić information content (AvgIpc) is 3.09. The minimum absolute atomic E-state index is 0.106. The van der Waals surface area contributed by atoms with Gasteiger partial charge in [-0.1, -0.05) is 0 Å². The summed E-state index contributed by atoms with van der Waals surface area (Å²) in [5.74, 6) is 3.52. The summed E-state index contributed by atoms with van der Waals surface area (Å²) in [5, 5.41) is 8.17. The lowest BCUT2D eigenvalue weighted by molar-refractivity contribution is -0.123. The predicted molar refractivity (Wildman–Crippen MR) is 211 cm³/mol. The Balaban J connectivity index is 0.000000174. The van der Waals surface area contributed by atoms with Crippen LogP contribution >= 0.6 is 15.9 Å². The van der Waals surface area contributed by atoms with E-state index < -0.39 is 23.3 Å². The van der Waals surface area contributed by atoms with E-state index in [1.54, 1.807) is 9.80 Å². The fourth-order valence-electron chi connectivity index (χ4n) is 6.55. The maximum atomic E-state index is 12.1. The second-order valence-electron chi connectivity index (χ2n) is 16.3. The molecule has 57 heavy (non-hydrogen) atoms. The molecule has 2 N–H and O–H groups in total. The number of anilines is 2. The molecule has 8 rings (SSSR count). The molecule has 2 atom stereocenters. The first kappa shape index (κ1) is 39.8. The normalized spacial score (nSPS) is 21.4. The maximum Gasteiger partial charge on any atom is 0.410 e. The van der Waals surface area contributed by atoms with Crippen molar-refractivity contribution < 1.29 is 47.6 Å². The van der Waals surface area contributed by atoms with Gasteiger partial charge in [-0.3, -0.25) is 9.59 Å². The molecule has 0 aromatic heterocycles. The van der Waals surface area contributed by atoms with E-state index in [0.29, 0.717) is 67.5 Å². The van der Waals surface area contributed by atoms with Gasteiger partial charge in [0.25, 0.3) is 11.8 Å². The molecule has 0 saturated carbocycles. The van der Waals surface area contributed by atoms with Crippen LogP contribution in [0.25, 0.3) is 0 Å². The van der Waals surface area contributed by atoms with E-state index in [0.717, 1.165) is 15.8 Å². The average molecular weight is 856 g/mol. The third kappa shape index (κ3) is 8.62. The zero-order valence-electron chi connectivity index (χ0n) is 33.1. The minimum atomic E-state index is -0.527. The van der Waals surface area contributed by atoms with Gasteiger partial charge >= 0.3 is 12.2 Å². The van der Waals surface area contributed by atoms with Crippen LogP contribution in [0.5, 0.6) is 23.0 Å². The first-order valence-electron chi connectivity index (χ1n) is 18.7. The molecule has 2 aromatic carbocycles. The van der Waals surface area contributed by atoms with Crippen molar-refractivity contribution >= 4 is 63.0 Å². The summed E-state index contributed by atoms with van der Waals surface area (Å²) < 4.78 is 35.0. The number of nitrogens with one attached hydrogen (secondary N) is 2. The summed E-state index contributed by atoms with van der Waals surface area (Å²) in [5.41, 5.74) is 5.44. The quantitative estimate of drug-likeness (QED) is 0.448. The van der Waals surface area contributed by atoms with Crippen LogP contribution in [0.4, 0.5) is 21.0 Å². The Labute approximate surface area is 338 Å². The highest BCUT2D eigenvalue weighted by molar-refractivity contribution is 9.10. The lowest BCUT2D eigenvalue weighted by Crippen LogP contribution is -2.57. The van der Waals surface area contributed by atoms with Crippen LogP contribution in [0.15, 0.2) is 45.0 Å². The second kappa shape index (κ2) is 15.1. The molecule has 2 aromatic rings. The number of hydrogen-bond acceptors (Lipinski definition) is 14. The number of nitrogens with zero attached hydrogens (tertiary/aromatic N) is 6. The van der Waals surface area contributed by atoms with Gasteiger partial charge in [0.15, 0.2) is 11.7 Å². The zero-order chi connectivity index (χ0) is 41.0. The summed E-state index contributed by atoms with van der Waals surface area (Å²) in [6.07, 6.45) is -0.925. The van der Waals surface area contributed by atoms with Crippen LogP contribution in [-0.4, -0.2) is 120 Å². The van der Waals surface area contributed by atoms with Crippen molar-refractivity contribution in [2.75, 3.05) is 49.2 Å². The van der Waals surface area contributed by atoms with Crippen LogP contribution < -0.4 is 39.6 Å². The molecule has 18 nitrogen and oxygen atoms in total. The van der Waals surface area contributed by atoms with Crippen molar-refractivity contribution in [2.45, 2.75) is 90.9 Å². The first-order valence-corrected chi connectivity index (χ1v) is 19.5. The predicted octanol–water partition coefficient (Wildman–Crippen LogP) is 4.19. The smallest absolute Gasteiger partial charge is 0.410 e. The SMILES string of the molecule is CC1C(=O)NN=C2COc3cc(Br)c(OC4CN(C(=O)OC(C)(C)C)C4)cc3N21.CC1C(=O)NN=C2COc3ccc(OC4CN(C(=O)OC(C)(C)C)C4)cc3N21. The third-order valence-electron chi connectivity index (χ3n) is 9.45. The van der Waals surface area contributed by atoms with Crippen LogP contribution in [-0.2, 0) is 19.1 Å². The van der Waals surface area contributed by atoms with Crippen molar-refractivity contribution in [2.24, 2.45) is 10.2 Å². The molecule has 4 amide bonds. The maximum absolute atomic E-state index is 12.1. The fraction of sp³-hybridized carbons (Fsp3) is 0.526. The van der Waals surface area contributed by atoms with Gasteiger partial charge in [0.05, 0.1) is 42.0 Å². The number of carbonyl (C=O) groups excluding carboxylic acids is 4. The van der Waals surface area contributed by atoms with Crippen LogP contribution in [0.3, 0.4) is 0 Å². The standard InChI is InChI=1S/C19H23BrN4O5.C19H24N4O5/c1-10-17(25)22-21-16-9-27-15-5-12(20)14(6-13(15)24(10)16)28-11-7-23(8-11)18(26)29-19(2,3)4;1-11-17(24)21-20-16-10-26-15-6-5-12(7-14(15)23(11)16)27-13-8-22(9-13)18(25)28-19(2,3)4/h5-6,10-11H,7-9H2,1-4H3,(H,22,25);5-7,11,13H,8-10H2,1-4H3,(H,21,24). The number of benzene rings is 2. The monoisotopic (exact) mass is 854 g/mol. The Hall–Kier alpha value is -5.46. The van der Waals surface area contributed by atoms with Gasteiger partial charge in [0, 0.05) is 18.2 Å². The molecule has 6 aliphatic heterocycles. The Morgan fingerprint density at radius 2 is 1.19 bits per heavy atom. The van der Waals surface area contributed by atoms with E-state index in [9.17, 15) is 19.2 Å². The molecule has 0 radical (unpaired) electrons. The highest BCUT2D eigenvalue weighted by Crippen LogP contribution is 2.43. The third-order valence-corrected chi connectivity index (χ3v) is 10.1. The largest absolute Gasteiger partial charge is 0.487 e. The Morgan fingerprint density at radius 1 is 0.719 bits per heavy atom. The molecule has 2 saturated heterocycles. The van der Waals surface area contributed by atoms with Gasteiger partial charge in [0.2, 0.25) is 0 Å². The lowest BCUT2D eigenvalue weighted by atomic mass is 10.1. The number of carbonyl (C=O) groups is 4. The Kier molecular flexibility index (Phi) is 10.6. The van der Waals surface area contributed by atoms with E-state index >= 15 is 0 Å². The fourth-order valence-corrected chi connectivity index (χ4v) is 6.96. The summed E-state index contributed by atoms with van der Waals surface area (Å²) in [6, 6.07) is 8.35. The van der Waals surface area contributed by atoms with Crippen molar-refractivity contribution in [3.05, 3.63) is 34.8 Å². The number of fused-ring (bicyclic) bond motifs is 6. The molecule has 306 valence electrons. The van der Waals surface area contributed by atoms with Crippen LogP contribution in [0.1, 0.15) is 55.4 Å². The van der Waals surface area contributed by atoms with Crippen molar-refractivity contribution in [3.63, 3.8) is 0 Å². The number of amides is 4. The summed E-state index contributed by atoms with van der Waals surface area (Å²) >= 11 is 3.52. The van der Waals surface area contributed by atoms with E-state index in [4.69, 9.17) is 28.4 Å². The first-order chi connectivity index (χ1) is 26.8. The van der Waals surface area contributed by atoms with Gasteiger partial charge in [-0.15, -0.1) is 0 Å². The topological polar surface area (TPSA) is 185 Å². The summed E-state index contributed by atoms with van der Waals surface area (Å²) in [6.45, 7) is 17.1. The molecule has 2 fully saturated rings.